The fourth-order valence-electron chi connectivity index (χ4n) is 9.12. The second-order valence-electron chi connectivity index (χ2n) is 12.6. The van der Waals surface area contributed by atoms with Gasteiger partial charge < -0.3 is 5.11 Å². The Balaban J connectivity index is 1.48. The van der Waals surface area contributed by atoms with Crippen LogP contribution in [0.1, 0.15) is 105 Å². The van der Waals surface area contributed by atoms with Crippen LogP contribution in [-0.2, 0) is 4.79 Å². The first-order chi connectivity index (χ1) is 13.7. The average Bonchev–Trinajstić information content (AvgIpc) is 3.00. The van der Waals surface area contributed by atoms with Crippen molar-refractivity contribution < 1.29 is 9.90 Å². The Bertz CT molecular complexity index is 612. The minimum atomic E-state index is -0.680. The maximum absolute atomic E-state index is 12.5. The van der Waals surface area contributed by atoms with E-state index in [1.165, 1.54) is 57.8 Å². The number of carbonyl (C=O) groups excluding carboxylic acids is 1. The van der Waals surface area contributed by atoms with Gasteiger partial charge in [-0.05, 0) is 97.2 Å². The molecular formula is C27H46O2. The van der Waals surface area contributed by atoms with Gasteiger partial charge in [0, 0.05) is 6.42 Å². The monoisotopic (exact) mass is 402 g/mol. The molecule has 4 rings (SSSR count). The van der Waals surface area contributed by atoms with E-state index >= 15 is 0 Å². The van der Waals surface area contributed by atoms with Crippen LogP contribution in [-0.4, -0.2) is 17.0 Å². The molecule has 0 saturated heterocycles. The molecule has 4 aliphatic rings. The highest BCUT2D eigenvalue weighted by Gasteiger charge is 2.61. The Morgan fingerprint density at radius 2 is 1.69 bits per heavy atom. The Labute approximate surface area is 179 Å². The molecule has 4 saturated carbocycles. The van der Waals surface area contributed by atoms with Gasteiger partial charge in [-0.3, -0.25) is 4.79 Å². The van der Waals surface area contributed by atoms with Gasteiger partial charge >= 0.3 is 0 Å². The fraction of sp³-hybridized carbons (Fsp3) is 0.963. The van der Waals surface area contributed by atoms with Crippen LogP contribution in [0.4, 0.5) is 0 Å². The Hall–Kier alpha value is -0.370. The van der Waals surface area contributed by atoms with Gasteiger partial charge in [-0.1, -0.05) is 53.9 Å². The van der Waals surface area contributed by atoms with Gasteiger partial charge in [0.05, 0.1) is 0 Å². The van der Waals surface area contributed by atoms with Crippen LogP contribution in [0.5, 0.6) is 0 Å². The molecule has 0 radical (unpaired) electrons. The minimum Gasteiger partial charge on any atom is -0.385 e. The summed E-state index contributed by atoms with van der Waals surface area (Å²) in [6.45, 7) is 12.3. The fourth-order valence-corrected chi connectivity index (χ4v) is 9.12. The van der Waals surface area contributed by atoms with Crippen molar-refractivity contribution in [3.8, 4) is 0 Å². The number of Topliss-reactive ketones (excluding diaryl/α,β-unsaturated/α-hetero) is 1. The van der Waals surface area contributed by atoms with Crippen LogP contribution in [0, 0.1) is 52.3 Å². The van der Waals surface area contributed by atoms with Crippen molar-refractivity contribution in [1.29, 1.82) is 0 Å². The van der Waals surface area contributed by atoms with E-state index in [-0.39, 0.29) is 11.2 Å². The lowest BCUT2D eigenvalue weighted by Gasteiger charge is -2.60. The number of hydrogen-bond acceptors (Lipinski definition) is 2. The maximum Gasteiger partial charge on any atom is 0.161 e. The van der Waals surface area contributed by atoms with Gasteiger partial charge in [-0.15, -0.1) is 0 Å². The molecule has 9 atom stereocenters. The largest absolute Gasteiger partial charge is 0.385 e. The highest BCUT2D eigenvalue weighted by molar-refractivity contribution is 5.84. The quantitative estimate of drug-likeness (QED) is 0.559. The molecule has 1 N–H and O–H groups in total. The lowest BCUT2D eigenvalue weighted by molar-refractivity contribution is -0.155. The molecule has 2 heteroatoms. The van der Waals surface area contributed by atoms with E-state index in [9.17, 15) is 9.90 Å². The van der Waals surface area contributed by atoms with Gasteiger partial charge in [0.15, 0.2) is 5.78 Å². The summed E-state index contributed by atoms with van der Waals surface area (Å²) < 4.78 is 0. The van der Waals surface area contributed by atoms with Crippen LogP contribution < -0.4 is 0 Å². The van der Waals surface area contributed by atoms with Crippen molar-refractivity contribution in [3.05, 3.63) is 0 Å². The molecule has 0 aromatic carbocycles. The Morgan fingerprint density at radius 3 is 2.41 bits per heavy atom. The van der Waals surface area contributed by atoms with Crippen molar-refractivity contribution in [1.82, 2.24) is 0 Å². The van der Waals surface area contributed by atoms with Gasteiger partial charge in [0.2, 0.25) is 0 Å². The summed E-state index contributed by atoms with van der Waals surface area (Å²) in [6.07, 6.45) is 13.0. The third-order valence-corrected chi connectivity index (χ3v) is 10.7. The second-order valence-corrected chi connectivity index (χ2v) is 12.6. The van der Waals surface area contributed by atoms with Crippen LogP contribution in [0.25, 0.3) is 0 Å². The molecule has 0 aromatic rings. The van der Waals surface area contributed by atoms with E-state index in [1.807, 2.05) is 0 Å². The van der Waals surface area contributed by atoms with Crippen molar-refractivity contribution >= 4 is 5.78 Å². The first kappa shape index (κ1) is 21.8. The summed E-state index contributed by atoms with van der Waals surface area (Å²) in [4.78, 5) is 12.5. The maximum atomic E-state index is 12.5. The summed E-state index contributed by atoms with van der Waals surface area (Å²) in [5.41, 5.74) is 0.682. The molecule has 0 bridgehead atoms. The van der Waals surface area contributed by atoms with E-state index in [2.05, 4.69) is 34.6 Å². The summed E-state index contributed by atoms with van der Waals surface area (Å²) >= 11 is 0. The van der Waals surface area contributed by atoms with Crippen molar-refractivity contribution in [3.63, 3.8) is 0 Å². The summed E-state index contributed by atoms with van der Waals surface area (Å²) in [7, 11) is 0. The van der Waals surface area contributed by atoms with Crippen LogP contribution in [0.2, 0.25) is 0 Å². The predicted octanol–water partition coefficient (Wildman–Crippen LogP) is 6.65. The number of ketones is 1. The van der Waals surface area contributed by atoms with Crippen molar-refractivity contribution in [2.45, 2.75) is 111 Å². The van der Waals surface area contributed by atoms with Gasteiger partial charge in [0.25, 0.3) is 0 Å². The van der Waals surface area contributed by atoms with E-state index in [0.29, 0.717) is 23.7 Å². The van der Waals surface area contributed by atoms with E-state index in [4.69, 9.17) is 0 Å². The molecule has 0 amide bonds. The van der Waals surface area contributed by atoms with E-state index < -0.39 is 6.10 Å². The minimum absolute atomic E-state index is 0.126. The number of fused-ring (bicyclic) bond motifs is 5. The SMILES string of the molecule is CC(C)CCC[C@@H](C)[C@H]1CC[C@H]2[C@@H]3CC[C@H]4CC(O)C(=O)C[C@]4(C)[C@H]3CC[C@]12C. The summed E-state index contributed by atoms with van der Waals surface area (Å²) in [5.74, 6) is 5.70. The third kappa shape index (κ3) is 3.64. The molecule has 0 spiro atoms. The molecule has 0 aliphatic heterocycles. The molecule has 29 heavy (non-hydrogen) atoms. The van der Waals surface area contributed by atoms with Gasteiger partial charge in [0.1, 0.15) is 6.10 Å². The average molecular weight is 403 g/mol. The smallest absolute Gasteiger partial charge is 0.161 e. The van der Waals surface area contributed by atoms with Gasteiger partial charge in [-0.2, -0.15) is 0 Å². The van der Waals surface area contributed by atoms with E-state index in [1.54, 1.807) is 0 Å². The molecule has 0 heterocycles. The molecule has 4 fully saturated rings. The Kier molecular flexibility index (Phi) is 5.99. The van der Waals surface area contributed by atoms with Gasteiger partial charge in [-0.25, -0.2) is 0 Å². The number of rotatable bonds is 5. The lowest BCUT2D eigenvalue weighted by atomic mass is 9.44. The number of aliphatic hydroxyl groups excluding tert-OH is 1. The van der Waals surface area contributed by atoms with Crippen LogP contribution in [0.15, 0.2) is 0 Å². The third-order valence-electron chi connectivity index (χ3n) is 10.7. The number of hydrogen-bond donors (Lipinski definition) is 1. The lowest BCUT2D eigenvalue weighted by Crippen LogP contribution is -2.56. The second kappa shape index (κ2) is 7.95. The molecule has 0 aromatic heterocycles. The number of carbonyl (C=O) groups is 1. The summed E-state index contributed by atoms with van der Waals surface area (Å²) in [5, 5.41) is 10.2. The van der Waals surface area contributed by atoms with E-state index in [0.717, 1.165) is 36.0 Å². The normalized spacial score (nSPS) is 48.2. The molecule has 4 aliphatic carbocycles. The first-order valence-electron chi connectivity index (χ1n) is 12.9. The highest BCUT2D eigenvalue weighted by Crippen LogP contribution is 2.68. The standard InChI is InChI=1S/C27H46O2/c1-17(2)7-6-8-18(3)21-11-12-22-20-10-9-19-15-24(28)25(29)16-27(19,5)23(20)13-14-26(21,22)4/h17-24,28H,6-16H2,1-5H3/t18-,19+,20+,21-,22+,23+,24?,26-,27+/m1/s1. The number of aliphatic hydroxyl groups is 1. The topological polar surface area (TPSA) is 37.3 Å². The Morgan fingerprint density at radius 1 is 0.966 bits per heavy atom. The predicted molar refractivity (Wildman–Crippen MR) is 119 cm³/mol. The van der Waals surface area contributed by atoms with Crippen LogP contribution >= 0.6 is 0 Å². The first-order valence-corrected chi connectivity index (χ1v) is 12.9. The highest BCUT2D eigenvalue weighted by atomic mass is 16.3. The van der Waals surface area contributed by atoms with Crippen molar-refractivity contribution in [2.75, 3.05) is 0 Å². The zero-order chi connectivity index (χ0) is 21.0. The zero-order valence-corrected chi connectivity index (χ0v) is 19.8. The zero-order valence-electron chi connectivity index (χ0n) is 19.8. The molecule has 1 unspecified atom stereocenters. The van der Waals surface area contributed by atoms with Crippen molar-refractivity contribution in [2.24, 2.45) is 52.3 Å². The molecule has 166 valence electrons. The summed E-state index contributed by atoms with van der Waals surface area (Å²) in [6, 6.07) is 0. The molecule has 2 nitrogen and oxygen atoms in total. The van der Waals surface area contributed by atoms with Crippen LogP contribution in [0.3, 0.4) is 0 Å². The molecular weight excluding hydrogens is 356 g/mol.